The molecule has 0 saturated heterocycles. The Hall–Kier alpha value is -2.43. The van der Waals surface area contributed by atoms with Gasteiger partial charge in [0, 0.05) is 17.3 Å². The van der Waals surface area contributed by atoms with Crippen molar-refractivity contribution >= 4 is 22.7 Å². The minimum Gasteiger partial charge on any atom is -0.481 e. The number of hydrogen-bond acceptors (Lipinski definition) is 3. The Balaban J connectivity index is 2.63. The molecule has 2 aromatic rings. The van der Waals surface area contributed by atoms with Crippen molar-refractivity contribution in [2.75, 3.05) is 0 Å². The number of carboxylic acid groups (broad SMARTS) is 2. The minimum atomic E-state index is -1.13. The molecule has 2 rings (SSSR count). The lowest BCUT2D eigenvalue weighted by Gasteiger charge is -2.14. The van der Waals surface area contributed by atoms with E-state index in [4.69, 9.17) is 5.11 Å². The van der Waals surface area contributed by atoms with Crippen molar-refractivity contribution in [3.8, 4) is 0 Å². The third-order valence-corrected chi connectivity index (χ3v) is 3.31. The second-order valence-electron chi connectivity index (χ2n) is 4.54. The van der Waals surface area contributed by atoms with Crippen LogP contribution in [0.4, 0.5) is 0 Å². The van der Waals surface area contributed by atoms with E-state index < -0.39 is 24.3 Å². The van der Waals surface area contributed by atoms with Crippen LogP contribution in [0, 0.1) is 0 Å². The summed E-state index contributed by atoms with van der Waals surface area (Å²) in [5.74, 6) is -3.31. The fourth-order valence-corrected chi connectivity index (χ4v) is 2.38. The fourth-order valence-electron chi connectivity index (χ4n) is 2.38. The summed E-state index contributed by atoms with van der Waals surface area (Å²) in [6.07, 6.45) is 1.93. The van der Waals surface area contributed by atoms with E-state index in [2.05, 4.69) is 4.98 Å². The molecule has 20 heavy (non-hydrogen) atoms. The molecule has 1 aromatic heterocycles. The number of rotatable bonds is 5. The maximum absolute atomic E-state index is 11.4. The molecule has 5 heteroatoms. The summed E-state index contributed by atoms with van der Waals surface area (Å²) < 4.78 is 0. The SMILES string of the molecule is CCc1nccc2c(C(CC(=O)O)C(=O)O)cccc12. The van der Waals surface area contributed by atoms with Crippen molar-refractivity contribution in [3.05, 3.63) is 41.7 Å². The molecule has 0 bridgehead atoms. The Kier molecular flexibility index (Phi) is 3.98. The molecule has 0 saturated carbocycles. The number of carbonyl (C=O) groups is 2. The third kappa shape index (κ3) is 2.61. The summed E-state index contributed by atoms with van der Waals surface area (Å²) in [5.41, 5.74) is 1.40. The quantitative estimate of drug-likeness (QED) is 0.873. The topological polar surface area (TPSA) is 87.5 Å². The number of benzene rings is 1. The summed E-state index contributed by atoms with van der Waals surface area (Å²) >= 11 is 0. The highest BCUT2D eigenvalue weighted by atomic mass is 16.4. The molecule has 104 valence electrons. The van der Waals surface area contributed by atoms with Crippen LogP contribution in [0.1, 0.15) is 30.5 Å². The zero-order valence-corrected chi connectivity index (χ0v) is 11.0. The molecule has 5 nitrogen and oxygen atoms in total. The molecule has 1 aromatic carbocycles. The largest absolute Gasteiger partial charge is 0.481 e. The smallest absolute Gasteiger partial charge is 0.311 e. The van der Waals surface area contributed by atoms with Crippen molar-refractivity contribution < 1.29 is 19.8 Å². The van der Waals surface area contributed by atoms with Crippen LogP contribution in [0.15, 0.2) is 30.5 Å². The van der Waals surface area contributed by atoms with Crippen LogP contribution in [0.5, 0.6) is 0 Å². The Morgan fingerprint density at radius 3 is 2.55 bits per heavy atom. The van der Waals surface area contributed by atoms with Crippen LogP contribution in [-0.4, -0.2) is 27.1 Å². The van der Waals surface area contributed by atoms with Crippen LogP contribution in [-0.2, 0) is 16.0 Å². The Morgan fingerprint density at radius 2 is 1.95 bits per heavy atom. The maximum atomic E-state index is 11.4. The lowest BCUT2D eigenvalue weighted by atomic mass is 9.91. The lowest BCUT2D eigenvalue weighted by Crippen LogP contribution is -2.16. The molecule has 1 unspecified atom stereocenters. The fraction of sp³-hybridized carbons (Fsp3) is 0.267. The molecule has 0 amide bonds. The van der Waals surface area contributed by atoms with Crippen molar-refractivity contribution in [2.24, 2.45) is 0 Å². The van der Waals surface area contributed by atoms with Crippen LogP contribution in [0.25, 0.3) is 10.8 Å². The van der Waals surface area contributed by atoms with E-state index in [0.717, 1.165) is 22.9 Å². The second-order valence-corrected chi connectivity index (χ2v) is 4.54. The van der Waals surface area contributed by atoms with Gasteiger partial charge in [0.2, 0.25) is 0 Å². The van der Waals surface area contributed by atoms with Gasteiger partial charge in [0.1, 0.15) is 0 Å². The average Bonchev–Trinajstić information content (AvgIpc) is 2.43. The van der Waals surface area contributed by atoms with E-state index in [1.165, 1.54) is 0 Å². The first-order valence-corrected chi connectivity index (χ1v) is 6.35. The number of nitrogens with zero attached hydrogens (tertiary/aromatic N) is 1. The Morgan fingerprint density at radius 1 is 1.20 bits per heavy atom. The molecule has 0 fully saturated rings. The first-order chi connectivity index (χ1) is 9.54. The second kappa shape index (κ2) is 5.69. The first kappa shape index (κ1) is 14.0. The van der Waals surface area contributed by atoms with Gasteiger partial charge in [0.25, 0.3) is 0 Å². The van der Waals surface area contributed by atoms with Crippen molar-refractivity contribution in [1.29, 1.82) is 0 Å². The normalized spacial score (nSPS) is 12.2. The van der Waals surface area contributed by atoms with E-state index in [1.54, 1.807) is 24.4 Å². The highest BCUT2D eigenvalue weighted by molar-refractivity contribution is 5.93. The van der Waals surface area contributed by atoms with E-state index >= 15 is 0 Å². The van der Waals surface area contributed by atoms with E-state index in [9.17, 15) is 14.7 Å². The van der Waals surface area contributed by atoms with Crippen molar-refractivity contribution in [1.82, 2.24) is 4.98 Å². The zero-order chi connectivity index (χ0) is 14.7. The van der Waals surface area contributed by atoms with Gasteiger partial charge in [-0.25, -0.2) is 0 Å². The number of pyridine rings is 1. The van der Waals surface area contributed by atoms with Gasteiger partial charge < -0.3 is 10.2 Å². The molecule has 0 aliphatic rings. The lowest BCUT2D eigenvalue weighted by molar-refractivity contribution is -0.145. The van der Waals surface area contributed by atoms with Gasteiger partial charge in [-0.15, -0.1) is 0 Å². The molecule has 2 N–H and O–H groups in total. The van der Waals surface area contributed by atoms with Gasteiger partial charge in [0.05, 0.1) is 12.3 Å². The number of aromatic nitrogens is 1. The van der Waals surface area contributed by atoms with E-state index in [1.807, 2.05) is 13.0 Å². The van der Waals surface area contributed by atoms with Gasteiger partial charge in [-0.3, -0.25) is 14.6 Å². The molecule has 0 spiro atoms. The molecule has 1 heterocycles. The van der Waals surface area contributed by atoms with Crippen molar-refractivity contribution in [2.45, 2.75) is 25.7 Å². The summed E-state index contributed by atoms with van der Waals surface area (Å²) in [6.45, 7) is 1.97. The molecule has 0 radical (unpaired) electrons. The standard InChI is InChI=1S/C15H15NO4/c1-2-13-11-5-3-4-9(10(11)6-7-16-13)12(15(19)20)8-14(17)18/h3-7,12H,2,8H2,1H3,(H,17,18)(H,19,20). The first-order valence-electron chi connectivity index (χ1n) is 6.35. The number of aryl methyl sites for hydroxylation is 1. The number of carboxylic acids is 2. The van der Waals surface area contributed by atoms with Crippen LogP contribution < -0.4 is 0 Å². The summed E-state index contributed by atoms with van der Waals surface area (Å²) in [6, 6.07) is 7.03. The van der Waals surface area contributed by atoms with Gasteiger partial charge >= 0.3 is 11.9 Å². The monoisotopic (exact) mass is 273 g/mol. The van der Waals surface area contributed by atoms with E-state index in [0.29, 0.717) is 5.56 Å². The molecule has 0 aliphatic carbocycles. The molecule has 0 aliphatic heterocycles. The number of aliphatic carboxylic acids is 2. The van der Waals surface area contributed by atoms with Crippen molar-refractivity contribution in [3.63, 3.8) is 0 Å². The maximum Gasteiger partial charge on any atom is 0.311 e. The van der Waals surface area contributed by atoms with Crippen LogP contribution >= 0.6 is 0 Å². The predicted octanol–water partition coefficient (Wildman–Crippen LogP) is 2.44. The average molecular weight is 273 g/mol. The van der Waals surface area contributed by atoms with Crippen LogP contribution in [0.2, 0.25) is 0 Å². The number of fused-ring (bicyclic) bond motifs is 1. The highest BCUT2D eigenvalue weighted by Crippen LogP contribution is 2.29. The number of hydrogen-bond donors (Lipinski definition) is 2. The van der Waals surface area contributed by atoms with Gasteiger partial charge in [-0.2, -0.15) is 0 Å². The Bertz CT molecular complexity index is 666. The molecular weight excluding hydrogens is 258 g/mol. The minimum absolute atomic E-state index is 0.432. The van der Waals surface area contributed by atoms with E-state index in [-0.39, 0.29) is 0 Å². The molecular formula is C15H15NO4. The summed E-state index contributed by atoms with van der Waals surface area (Å²) in [5, 5.41) is 19.8. The predicted molar refractivity (Wildman–Crippen MR) is 73.8 cm³/mol. The Labute approximate surface area is 115 Å². The highest BCUT2D eigenvalue weighted by Gasteiger charge is 2.25. The third-order valence-electron chi connectivity index (χ3n) is 3.31. The zero-order valence-electron chi connectivity index (χ0n) is 11.0. The molecule has 1 atom stereocenters. The van der Waals surface area contributed by atoms with Crippen LogP contribution in [0.3, 0.4) is 0 Å². The van der Waals surface area contributed by atoms with Gasteiger partial charge in [-0.05, 0) is 23.4 Å². The summed E-state index contributed by atoms with van der Waals surface area (Å²) in [7, 11) is 0. The van der Waals surface area contributed by atoms with Gasteiger partial charge in [0.15, 0.2) is 0 Å². The van der Waals surface area contributed by atoms with Gasteiger partial charge in [-0.1, -0.05) is 25.1 Å². The summed E-state index contributed by atoms with van der Waals surface area (Å²) in [4.78, 5) is 26.5.